The van der Waals surface area contributed by atoms with E-state index in [0.717, 1.165) is 16.9 Å². The van der Waals surface area contributed by atoms with Crippen molar-refractivity contribution in [2.45, 2.75) is 23.8 Å². The first-order chi connectivity index (χ1) is 8.69. The fourth-order valence-electron chi connectivity index (χ4n) is 1.78. The molecule has 1 atom stereocenters. The van der Waals surface area contributed by atoms with Crippen molar-refractivity contribution in [1.29, 1.82) is 0 Å². The van der Waals surface area contributed by atoms with Crippen molar-refractivity contribution in [3.8, 4) is 5.75 Å². The van der Waals surface area contributed by atoms with Crippen LogP contribution in [0.2, 0.25) is 0 Å². The minimum absolute atomic E-state index is 0.0293. The number of rotatable bonds is 3. The zero-order valence-electron chi connectivity index (χ0n) is 10.1. The van der Waals surface area contributed by atoms with E-state index in [1.807, 2.05) is 30.5 Å². The van der Waals surface area contributed by atoms with E-state index in [2.05, 4.69) is 10.9 Å². The quantitative estimate of drug-likeness (QED) is 0.730. The molecule has 1 fully saturated rings. The molecule has 0 saturated carbocycles. The normalized spacial score (nSPS) is 20.1. The van der Waals surface area contributed by atoms with Crippen molar-refractivity contribution in [3.63, 3.8) is 0 Å². The highest BCUT2D eigenvalue weighted by atomic mass is 32.2. The molecular formula is C13H16N2O2S. The van der Waals surface area contributed by atoms with Gasteiger partial charge in [-0.1, -0.05) is 18.2 Å². The summed E-state index contributed by atoms with van der Waals surface area (Å²) in [5.74, 6) is 0.330. The number of aromatic hydroxyl groups is 1. The van der Waals surface area contributed by atoms with Crippen LogP contribution in [0.4, 0.5) is 0 Å². The molecule has 1 aromatic rings. The van der Waals surface area contributed by atoms with Crippen molar-refractivity contribution in [3.05, 3.63) is 29.8 Å². The van der Waals surface area contributed by atoms with E-state index < -0.39 is 0 Å². The molecule has 18 heavy (non-hydrogen) atoms. The molecule has 0 radical (unpaired) electrons. The number of benzene rings is 1. The Balaban J connectivity index is 2.00. The highest BCUT2D eigenvalue weighted by molar-refractivity contribution is 7.98. The predicted molar refractivity (Wildman–Crippen MR) is 73.2 cm³/mol. The maximum absolute atomic E-state index is 11.0. The summed E-state index contributed by atoms with van der Waals surface area (Å²) in [6, 6.07) is 5.74. The van der Waals surface area contributed by atoms with E-state index in [4.69, 9.17) is 0 Å². The molecule has 3 N–H and O–H groups in total. The molecule has 1 aromatic carbocycles. The summed E-state index contributed by atoms with van der Waals surface area (Å²) in [6.07, 6.45) is 7.20. The molecule has 96 valence electrons. The minimum atomic E-state index is 0.0293. The lowest BCUT2D eigenvalue weighted by Crippen LogP contribution is -2.48. The maximum atomic E-state index is 11.0. The molecule has 0 spiro atoms. The van der Waals surface area contributed by atoms with Gasteiger partial charge in [0.05, 0.1) is 0 Å². The van der Waals surface area contributed by atoms with Crippen LogP contribution in [0.25, 0.3) is 6.08 Å². The highest BCUT2D eigenvalue weighted by Crippen LogP contribution is 2.27. The van der Waals surface area contributed by atoms with E-state index in [9.17, 15) is 9.90 Å². The summed E-state index contributed by atoms with van der Waals surface area (Å²) >= 11 is 1.52. The van der Waals surface area contributed by atoms with Crippen molar-refractivity contribution in [1.82, 2.24) is 10.9 Å². The van der Waals surface area contributed by atoms with Gasteiger partial charge in [-0.3, -0.25) is 10.2 Å². The highest BCUT2D eigenvalue weighted by Gasteiger charge is 2.14. The molecule has 1 aliphatic rings. The van der Waals surface area contributed by atoms with E-state index in [-0.39, 0.29) is 11.9 Å². The monoisotopic (exact) mass is 264 g/mol. The summed E-state index contributed by atoms with van der Waals surface area (Å²) in [5, 5.41) is 9.74. The van der Waals surface area contributed by atoms with E-state index in [1.54, 1.807) is 6.07 Å². The molecule has 1 aliphatic heterocycles. The number of amides is 1. The number of hydrazine groups is 1. The first-order valence-electron chi connectivity index (χ1n) is 5.78. The second-order valence-corrected chi connectivity index (χ2v) is 4.98. The van der Waals surface area contributed by atoms with Crippen molar-refractivity contribution < 1.29 is 9.90 Å². The second kappa shape index (κ2) is 5.93. The Kier molecular flexibility index (Phi) is 4.28. The predicted octanol–water partition coefficient (Wildman–Crippen LogP) is 1.91. The number of phenolic OH excluding ortho intramolecular Hbond substituents is 1. The third kappa shape index (κ3) is 3.27. The van der Waals surface area contributed by atoms with Gasteiger partial charge in [-0.25, -0.2) is 5.43 Å². The lowest BCUT2D eigenvalue weighted by Gasteiger charge is -2.20. The van der Waals surface area contributed by atoms with Gasteiger partial charge in [0, 0.05) is 17.4 Å². The molecule has 4 nitrogen and oxygen atoms in total. The molecule has 1 saturated heterocycles. The molecule has 1 heterocycles. The third-order valence-electron chi connectivity index (χ3n) is 2.80. The zero-order chi connectivity index (χ0) is 13.0. The number of phenols is 1. The standard InChI is InChI=1S/C13H16N2O2S/c1-18-12-6-3-9(8-11(12)16)2-4-10-5-7-13(17)15-14-10/h2-4,6,8,10,14,16H,5,7H2,1H3,(H,15,17)/b4-2+. The van der Waals surface area contributed by atoms with E-state index in [0.29, 0.717) is 12.2 Å². The zero-order valence-corrected chi connectivity index (χ0v) is 11.0. The molecule has 5 heteroatoms. The Bertz CT molecular complexity index is 464. The van der Waals surface area contributed by atoms with Gasteiger partial charge < -0.3 is 5.11 Å². The number of carbonyl (C=O) groups is 1. The topological polar surface area (TPSA) is 61.4 Å². The second-order valence-electron chi connectivity index (χ2n) is 4.13. The molecule has 1 amide bonds. The van der Waals surface area contributed by atoms with Crippen LogP contribution in [-0.4, -0.2) is 23.3 Å². The minimum Gasteiger partial charge on any atom is -0.507 e. The van der Waals surface area contributed by atoms with Crippen LogP contribution >= 0.6 is 11.8 Å². The van der Waals surface area contributed by atoms with Crippen LogP contribution in [0, 0.1) is 0 Å². The maximum Gasteiger partial charge on any atom is 0.234 e. The van der Waals surface area contributed by atoms with E-state index in [1.165, 1.54) is 11.8 Å². The van der Waals surface area contributed by atoms with Crippen LogP contribution in [0.15, 0.2) is 29.2 Å². The van der Waals surface area contributed by atoms with Crippen LogP contribution in [0.3, 0.4) is 0 Å². The molecule has 0 aliphatic carbocycles. The van der Waals surface area contributed by atoms with Crippen LogP contribution in [0.5, 0.6) is 5.75 Å². The van der Waals surface area contributed by atoms with Gasteiger partial charge in [-0.05, 0) is 30.4 Å². The SMILES string of the molecule is CSc1ccc(/C=C/C2CCC(=O)NN2)cc1O. The van der Waals surface area contributed by atoms with Crippen LogP contribution in [0.1, 0.15) is 18.4 Å². The average molecular weight is 264 g/mol. The fraction of sp³-hybridized carbons (Fsp3) is 0.308. The molecule has 0 bridgehead atoms. The van der Waals surface area contributed by atoms with Gasteiger partial charge in [0.1, 0.15) is 5.75 Å². The van der Waals surface area contributed by atoms with Gasteiger partial charge in [-0.15, -0.1) is 11.8 Å². The Morgan fingerprint density at radius 3 is 2.94 bits per heavy atom. The van der Waals surface area contributed by atoms with Crippen LogP contribution < -0.4 is 10.9 Å². The summed E-state index contributed by atoms with van der Waals surface area (Å²) in [7, 11) is 0. The lowest BCUT2D eigenvalue weighted by molar-refractivity contribution is -0.123. The molecular weight excluding hydrogens is 248 g/mol. The number of carbonyl (C=O) groups excluding carboxylic acids is 1. The summed E-state index contributed by atoms with van der Waals surface area (Å²) in [5.41, 5.74) is 6.48. The Labute approximate surface area is 110 Å². The van der Waals surface area contributed by atoms with Crippen molar-refractivity contribution in [2.24, 2.45) is 0 Å². The van der Waals surface area contributed by atoms with Gasteiger partial charge >= 0.3 is 0 Å². The number of thioether (sulfide) groups is 1. The first-order valence-corrected chi connectivity index (χ1v) is 7.01. The summed E-state index contributed by atoms with van der Waals surface area (Å²) < 4.78 is 0. The van der Waals surface area contributed by atoms with Crippen molar-refractivity contribution in [2.75, 3.05) is 6.26 Å². The fourth-order valence-corrected chi connectivity index (χ4v) is 2.25. The summed E-state index contributed by atoms with van der Waals surface area (Å²) in [4.78, 5) is 11.8. The summed E-state index contributed by atoms with van der Waals surface area (Å²) in [6.45, 7) is 0. The van der Waals surface area contributed by atoms with Crippen molar-refractivity contribution >= 4 is 23.7 Å². The average Bonchev–Trinajstić information content (AvgIpc) is 2.38. The first kappa shape index (κ1) is 13.0. The third-order valence-corrected chi connectivity index (χ3v) is 3.59. The van der Waals surface area contributed by atoms with E-state index >= 15 is 0 Å². The molecule has 1 unspecified atom stereocenters. The number of hydrogen-bond acceptors (Lipinski definition) is 4. The number of nitrogens with one attached hydrogen (secondary N) is 2. The van der Waals surface area contributed by atoms with Crippen LogP contribution in [-0.2, 0) is 4.79 Å². The molecule has 0 aromatic heterocycles. The smallest absolute Gasteiger partial charge is 0.234 e. The molecule has 2 rings (SSSR count). The number of hydrogen-bond donors (Lipinski definition) is 3. The Morgan fingerprint density at radius 1 is 1.50 bits per heavy atom. The Hall–Kier alpha value is -1.46. The lowest BCUT2D eigenvalue weighted by atomic mass is 10.1. The van der Waals surface area contributed by atoms with Gasteiger partial charge in [-0.2, -0.15) is 0 Å². The van der Waals surface area contributed by atoms with Gasteiger partial charge in [0.15, 0.2) is 0 Å². The van der Waals surface area contributed by atoms with Gasteiger partial charge in [0.2, 0.25) is 5.91 Å². The largest absolute Gasteiger partial charge is 0.507 e. The Morgan fingerprint density at radius 2 is 2.33 bits per heavy atom. The van der Waals surface area contributed by atoms with Gasteiger partial charge in [0.25, 0.3) is 0 Å².